The Morgan fingerprint density at radius 1 is 1.12 bits per heavy atom. The minimum Gasteiger partial charge on any atom is -0.497 e. The van der Waals surface area contributed by atoms with Crippen molar-refractivity contribution < 1.29 is 28.7 Å². The molecule has 224 valence electrons. The van der Waals surface area contributed by atoms with E-state index in [0.29, 0.717) is 38.6 Å². The summed E-state index contributed by atoms with van der Waals surface area (Å²) in [5.41, 5.74) is 0.317. The van der Waals surface area contributed by atoms with Crippen molar-refractivity contribution in [3.8, 4) is 11.8 Å². The van der Waals surface area contributed by atoms with Crippen LogP contribution in [0, 0.1) is 17.2 Å². The van der Waals surface area contributed by atoms with E-state index in [0.717, 1.165) is 11.3 Å². The van der Waals surface area contributed by atoms with Gasteiger partial charge in [0.05, 0.1) is 13.2 Å². The molecule has 1 aromatic carbocycles. The van der Waals surface area contributed by atoms with Crippen LogP contribution in [0.25, 0.3) is 0 Å². The van der Waals surface area contributed by atoms with Crippen LogP contribution in [0.2, 0.25) is 0 Å². The molecule has 5 atom stereocenters. The third kappa shape index (κ3) is 8.59. The minimum atomic E-state index is -0.977. The number of ether oxygens (including phenoxy) is 2. The van der Waals surface area contributed by atoms with Crippen molar-refractivity contribution >= 4 is 23.8 Å². The van der Waals surface area contributed by atoms with Crippen LogP contribution in [0.3, 0.4) is 0 Å². The molecule has 0 saturated carbocycles. The minimum absolute atomic E-state index is 0.0895. The second-order valence-corrected chi connectivity index (χ2v) is 11.7. The second kappa shape index (κ2) is 14.2. The maximum atomic E-state index is 13.9. The third-order valence-electron chi connectivity index (χ3n) is 7.61. The van der Waals surface area contributed by atoms with E-state index in [2.05, 4.69) is 22.0 Å². The van der Waals surface area contributed by atoms with Crippen LogP contribution < -0.4 is 20.7 Å². The molecule has 2 aliphatic rings. The molecule has 0 bridgehead atoms. The first-order valence-corrected chi connectivity index (χ1v) is 14.4. The number of hydrogen-bond donors (Lipinski definition) is 3. The molecule has 2 aliphatic heterocycles. The molecule has 0 spiro atoms. The zero-order chi connectivity index (χ0) is 30.2. The third-order valence-corrected chi connectivity index (χ3v) is 7.61. The Hall–Kier alpha value is -3.81. The molecule has 11 nitrogen and oxygen atoms in total. The van der Waals surface area contributed by atoms with Crippen LogP contribution in [0.1, 0.15) is 71.8 Å². The van der Waals surface area contributed by atoms with E-state index in [9.17, 15) is 24.4 Å². The van der Waals surface area contributed by atoms with Crippen LogP contribution in [-0.2, 0) is 25.5 Å². The highest BCUT2D eigenvalue weighted by Crippen LogP contribution is 2.35. The standard InChI is InChI=1S/C30H43N5O6/c1-6-23(33-29(39)41-30(2,3)4)26(36)34-25-20(15-17-31)9-10-21-11-14-24(35(21)28(25)38)27(37)32-18-16-19-7-12-22(40-5)13-8-19/h7-8,12-13,20-21,23-25H,6,9-11,14-16,18H2,1-5H3,(H,32,37)(H,33,39)(H,34,36)/t20-,21+,23+,24+,25+/m1/s1. The first-order valence-electron chi connectivity index (χ1n) is 14.4. The summed E-state index contributed by atoms with van der Waals surface area (Å²) in [4.78, 5) is 54.4. The van der Waals surface area contributed by atoms with Gasteiger partial charge in [0.25, 0.3) is 0 Å². The molecule has 2 fully saturated rings. The first-order chi connectivity index (χ1) is 19.5. The molecule has 0 aliphatic carbocycles. The molecule has 3 N–H and O–H groups in total. The predicted octanol–water partition coefficient (Wildman–Crippen LogP) is 2.83. The Balaban J connectivity index is 1.69. The van der Waals surface area contributed by atoms with E-state index < -0.39 is 41.6 Å². The van der Waals surface area contributed by atoms with E-state index in [1.807, 2.05) is 24.3 Å². The number of rotatable bonds is 10. The highest BCUT2D eigenvalue weighted by Gasteiger charge is 2.47. The molecule has 4 amide bonds. The van der Waals surface area contributed by atoms with Gasteiger partial charge in [-0.25, -0.2) is 4.79 Å². The fourth-order valence-electron chi connectivity index (χ4n) is 5.51. The number of methoxy groups -OCH3 is 1. The van der Waals surface area contributed by atoms with E-state index >= 15 is 0 Å². The van der Waals surface area contributed by atoms with Crippen LogP contribution in [0.5, 0.6) is 5.75 Å². The van der Waals surface area contributed by atoms with E-state index in [4.69, 9.17) is 9.47 Å². The van der Waals surface area contributed by atoms with Gasteiger partial charge < -0.3 is 30.3 Å². The van der Waals surface area contributed by atoms with Gasteiger partial charge in [0.1, 0.15) is 29.5 Å². The molecule has 41 heavy (non-hydrogen) atoms. The number of nitriles is 1. The van der Waals surface area contributed by atoms with Gasteiger partial charge in [0.15, 0.2) is 0 Å². The number of benzene rings is 1. The Labute approximate surface area is 242 Å². The summed E-state index contributed by atoms with van der Waals surface area (Å²) in [6, 6.07) is 7.08. The average molecular weight is 570 g/mol. The summed E-state index contributed by atoms with van der Waals surface area (Å²) in [5.74, 6) is -0.758. The molecule has 3 rings (SSSR count). The van der Waals surface area contributed by atoms with E-state index in [1.165, 1.54) is 0 Å². The topological polar surface area (TPSA) is 150 Å². The highest BCUT2D eigenvalue weighted by molar-refractivity contribution is 5.94. The van der Waals surface area contributed by atoms with Gasteiger partial charge in [-0.3, -0.25) is 14.4 Å². The van der Waals surface area contributed by atoms with Crippen molar-refractivity contribution in [2.24, 2.45) is 5.92 Å². The summed E-state index contributed by atoms with van der Waals surface area (Å²) in [6.07, 6.45) is 2.69. The van der Waals surface area contributed by atoms with Gasteiger partial charge in [0, 0.05) is 24.9 Å². The molecule has 11 heteroatoms. The smallest absolute Gasteiger partial charge is 0.408 e. The molecule has 0 radical (unpaired) electrons. The Bertz CT molecular complexity index is 1130. The molecule has 0 aromatic heterocycles. The summed E-state index contributed by atoms with van der Waals surface area (Å²) in [7, 11) is 1.61. The van der Waals surface area contributed by atoms with Crippen molar-refractivity contribution in [1.29, 1.82) is 5.26 Å². The quantitative estimate of drug-likeness (QED) is 0.392. The van der Waals surface area contributed by atoms with Gasteiger partial charge >= 0.3 is 6.09 Å². The van der Waals surface area contributed by atoms with Crippen LogP contribution in [0.15, 0.2) is 24.3 Å². The monoisotopic (exact) mass is 569 g/mol. The summed E-state index contributed by atoms with van der Waals surface area (Å²) >= 11 is 0. The average Bonchev–Trinajstić information content (AvgIpc) is 3.31. The number of alkyl carbamates (subject to hydrolysis) is 1. The van der Waals surface area contributed by atoms with Gasteiger partial charge in [-0.05, 0) is 77.0 Å². The zero-order valence-electron chi connectivity index (χ0n) is 24.7. The lowest BCUT2D eigenvalue weighted by molar-refractivity contribution is -0.143. The molecule has 1 aromatic rings. The second-order valence-electron chi connectivity index (χ2n) is 11.7. The fraction of sp³-hybridized carbons (Fsp3) is 0.633. The first kappa shape index (κ1) is 31.7. The summed E-state index contributed by atoms with van der Waals surface area (Å²) in [5, 5.41) is 17.8. The number of hydrogen-bond acceptors (Lipinski definition) is 7. The summed E-state index contributed by atoms with van der Waals surface area (Å²) in [6.45, 7) is 7.33. The number of nitrogens with zero attached hydrogens (tertiary/aromatic N) is 2. The lowest BCUT2D eigenvalue weighted by Gasteiger charge is -2.32. The highest BCUT2D eigenvalue weighted by atomic mass is 16.6. The lowest BCUT2D eigenvalue weighted by Crippen LogP contribution is -2.58. The van der Waals surface area contributed by atoms with Gasteiger partial charge in [-0.1, -0.05) is 19.1 Å². The molecule has 0 unspecified atom stereocenters. The fourth-order valence-corrected chi connectivity index (χ4v) is 5.51. The van der Waals surface area contributed by atoms with Crippen molar-refractivity contribution in [2.75, 3.05) is 13.7 Å². The van der Waals surface area contributed by atoms with Crippen molar-refractivity contribution in [3.63, 3.8) is 0 Å². The summed E-state index contributed by atoms with van der Waals surface area (Å²) < 4.78 is 10.5. The molecular weight excluding hydrogens is 526 g/mol. The van der Waals surface area contributed by atoms with Crippen molar-refractivity contribution in [3.05, 3.63) is 29.8 Å². The van der Waals surface area contributed by atoms with Gasteiger partial charge in [-0.2, -0.15) is 5.26 Å². The molecule has 2 saturated heterocycles. The Morgan fingerprint density at radius 2 is 1.80 bits per heavy atom. The number of carbonyl (C=O) groups excluding carboxylic acids is 4. The van der Waals surface area contributed by atoms with Crippen LogP contribution in [0.4, 0.5) is 4.79 Å². The Morgan fingerprint density at radius 3 is 2.41 bits per heavy atom. The maximum Gasteiger partial charge on any atom is 0.408 e. The Kier molecular flexibility index (Phi) is 11.0. The zero-order valence-corrected chi connectivity index (χ0v) is 24.7. The maximum absolute atomic E-state index is 13.9. The van der Waals surface area contributed by atoms with Crippen LogP contribution >= 0.6 is 0 Å². The largest absolute Gasteiger partial charge is 0.497 e. The van der Waals surface area contributed by atoms with E-state index in [1.54, 1.807) is 39.7 Å². The normalized spacial score (nSPS) is 22.9. The number of carbonyl (C=O) groups is 4. The van der Waals surface area contributed by atoms with Crippen LogP contribution in [-0.4, -0.2) is 72.1 Å². The SMILES string of the molecule is CC[C@H](NC(=O)OC(C)(C)C)C(=O)N[C@@H]1C(=O)N2[C@@H](CC[C@@H]1CC#N)CC[C@H]2C(=O)NCCc1ccc(OC)cc1. The van der Waals surface area contributed by atoms with E-state index in [-0.39, 0.29) is 30.7 Å². The molecule has 2 heterocycles. The number of fused-ring (bicyclic) bond motifs is 1. The van der Waals surface area contributed by atoms with Gasteiger partial charge in [-0.15, -0.1) is 0 Å². The predicted molar refractivity (Wildman–Crippen MR) is 152 cm³/mol. The van der Waals surface area contributed by atoms with Gasteiger partial charge in [0.2, 0.25) is 17.7 Å². The number of amides is 4. The molecular formula is C30H43N5O6. The van der Waals surface area contributed by atoms with Crippen molar-refractivity contribution in [2.45, 2.75) is 102 Å². The van der Waals surface area contributed by atoms with Crippen molar-refractivity contribution in [1.82, 2.24) is 20.9 Å². The number of nitrogens with one attached hydrogen (secondary N) is 3. The lowest BCUT2D eigenvalue weighted by atomic mass is 9.90.